The first-order valence-electron chi connectivity index (χ1n) is 5.91. The summed E-state index contributed by atoms with van der Waals surface area (Å²) in [6, 6.07) is 11.4. The van der Waals surface area contributed by atoms with Crippen LogP contribution in [0.4, 0.5) is 5.82 Å². The van der Waals surface area contributed by atoms with Crippen molar-refractivity contribution in [3.05, 3.63) is 57.8 Å². The minimum absolute atomic E-state index is 0.432. The number of pyridine rings is 1. The summed E-state index contributed by atoms with van der Waals surface area (Å²) in [6.45, 7) is 0. The smallest absolute Gasteiger partial charge is 0.147 e. The third-order valence-corrected chi connectivity index (χ3v) is 3.48. The number of nitrogens with zero attached hydrogens (tertiary/aromatic N) is 2. The predicted molar refractivity (Wildman–Crippen MR) is 86.5 cm³/mol. The van der Waals surface area contributed by atoms with Gasteiger partial charge in [-0.3, -0.25) is 5.43 Å². The Balaban J connectivity index is 1.82. The lowest BCUT2D eigenvalue weighted by Crippen LogP contribution is -1.92. The fourth-order valence-electron chi connectivity index (χ4n) is 1.86. The molecule has 0 aliphatic carbocycles. The fraction of sp³-hybridized carbons (Fsp3) is 0. The summed E-state index contributed by atoms with van der Waals surface area (Å²) in [5.41, 5.74) is 4.91. The Kier molecular flexibility index (Phi) is 3.71. The van der Waals surface area contributed by atoms with Crippen LogP contribution in [0.25, 0.3) is 10.9 Å². The molecule has 3 aromatic rings. The van der Waals surface area contributed by atoms with Crippen LogP contribution < -0.4 is 5.43 Å². The molecule has 0 spiro atoms. The predicted octanol–water partition coefficient (Wildman–Crippen LogP) is 4.42. The van der Waals surface area contributed by atoms with E-state index < -0.39 is 0 Å². The van der Waals surface area contributed by atoms with E-state index in [-0.39, 0.29) is 0 Å². The Morgan fingerprint density at radius 3 is 3.05 bits per heavy atom. The highest BCUT2D eigenvalue weighted by Crippen LogP contribution is 2.21. The number of anilines is 1. The Bertz CT molecular complexity index is 782. The summed E-state index contributed by atoms with van der Waals surface area (Å²) < 4.78 is 1.03. The van der Waals surface area contributed by atoms with E-state index in [2.05, 4.69) is 36.4 Å². The lowest BCUT2D eigenvalue weighted by molar-refractivity contribution is 1.23. The zero-order chi connectivity index (χ0) is 13.9. The van der Waals surface area contributed by atoms with Gasteiger partial charge < -0.3 is 4.98 Å². The molecule has 0 fully saturated rings. The zero-order valence-corrected chi connectivity index (χ0v) is 12.6. The summed E-state index contributed by atoms with van der Waals surface area (Å²) in [4.78, 5) is 7.29. The van der Waals surface area contributed by atoms with Crippen molar-refractivity contribution in [2.45, 2.75) is 0 Å². The first-order chi connectivity index (χ1) is 9.72. The quantitative estimate of drug-likeness (QED) is 0.418. The van der Waals surface area contributed by atoms with Crippen LogP contribution in [0.1, 0.15) is 5.56 Å². The number of nitrogens with one attached hydrogen (secondary N) is 2. The largest absolute Gasteiger partial charge is 0.361 e. The molecule has 0 bridgehead atoms. The van der Waals surface area contributed by atoms with Gasteiger partial charge >= 0.3 is 0 Å². The molecule has 2 aromatic heterocycles. The Morgan fingerprint density at radius 2 is 2.20 bits per heavy atom. The van der Waals surface area contributed by atoms with E-state index in [0.717, 1.165) is 20.9 Å². The molecular formula is C14H10BrClN4. The summed E-state index contributed by atoms with van der Waals surface area (Å²) in [6.07, 6.45) is 3.65. The molecule has 4 nitrogen and oxygen atoms in total. The van der Waals surface area contributed by atoms with Crippen LogP contribution in [0.5, 0.6) is 0 Å². The molecule has 0 aliphatic heterocycles. The standard InChI is InChI=1S/C14H10BrClN4/c15-10-4-5-12-11(6-10)9(7-17-12)8-18-20-14-3-1-2-13(16)19-14/h1-8,17H,(H,19,20)/b18-8-. The van der Waals surface area contributed by atoms with Crippen LogP contribution in [0.3, 0.4) is 0 Å². The van der Waals surface area contributed by atoms with Crippen molar-refractivity contribution < 1.29 is 0 Å². The zero-order valence-electron chi connectivity index (χ0n) is 10.3. The van der Waals surface area contributed by atoms with Gasteiger partial charge in [0.1, 0.15) is 11.0 Å². The topological polar surface area (TPSA) is 53.1 Å². The van der Waals surface area contributed by atoms with Crippen molar-refractivity contribution in [2.75, 3.05) is 5.43 Å². The maximum Gasteiger partial charge on any atom is 0.147 e. The molecule has 3 rings (SSSR count). The van der Waals surface area contributed by atoms with Crippen LogP contribution >= 0.6 is 27.5 Å². The molecule has 2 heterocycles. The number of hydrogen-bond acceptors (Lipinski definition) is 3. The summed E-state index contributed by atoms with van der Waals surface area (Å²) in [5, 5.41) is 5.71. The lowest BCUT2D eigenvalue weighted by Gasteiger charge is -1.98. The van der Waals surface area contributed by atoms with Gasteiger partial charge in [-0.05, 0) is 30.3 Å². The molecular weight excluding hydrogens is 340 g/mol. The lowest BCUT2D eigenvalue weighted by atomic mass is 10.2. The minimum atomic E-state index is 0.432. The summed E-state index contributed by atoms with van der Waals surface area (Å²) in [7, 11) is 0. The molecule has 0 saturated heterocycles. The maximum absolute atomic E-state index is 5.81. The second-order valence-electron chi connectivity index (χ2n) is 4.15. The van der Waals surface area contributed by atoms with E-state index in [9.17, 15) is 0 Å². The van der Waals surface area contributed by atoms with Crippen LogP contribution in [0, 0.1) is 0 Å². The van der Waals surface area contributed by atoms with E-state index in [1.54, 1.807) is 18.3 Å². The number of benzene rings is 1. The van der Waals surface area contributed by atoms with E-state index >= 15 is 0 Å². The van der Waals surface area contributed by atoms with E-state index in [1.807, 2.05) is 30.5 Å². The third kappa shape index (κ3) is 2.84. The molecule has 0 unspecified atom stereocenters. The highest BCUT2D eigenvalue weighted by molar-refractivity contribution is 9.10. The number of hydrogen-bond donors (Lipinski definition) is 2. The average Bonchev–Trinajstić information content (AvgIpc) is 2.82. The number of aromatic nitrogens is 2. The van der Waals surface area contributed by atoms with Gasteiger partial charge in [-0.25, -0.2) is 4.98 Å². The molecule has 6 heteroatoms. The van der Waals surface area contributed by atoms with Gasteiger partial charge in [0.15, 0.2) is 0 Å². The molecule has 1 aromatic carbocycles. The number of H-pyrrole nitrogens is 1. The molecule has 0 aliphatic rings. The van der Waals surface area contributed by atoms with Crippen LogP contribution in [-0.2, 0) is 0 Å². The second kappa shape index (κ2) is 5.64. The number of halogens is 2. The minimum Gasteiger partial charge on any atom is -0.361 e. The SMILES string of the molecule is Clc1cccc(N/N=C\c2c[nH]c3ccc(Br)cc23)n1. The Labute approximate surface area is 129 Å². The van der Waals surface area contributed by atoms with Gasteiger partial charge in [-0.1, -0.05) is 33.6 Å². The van der Waals surface area contributed by atoms with E-state index in [0.29, 0.717) is 11.0 Å². The van der Waals surface area contributed by atoms with Gasteiger partial charge in [0.05, 0.1) is 6.21 Å². The van der Waals surface area contributed by atoms with Gasteiger partial charge in [-0.2, -0.15) is 5.10 Å². The molecule has 0 atom stereocenters. The molecule has 0 saturated carbocycles. The average molecular weight is 350 g/mol. The molecule has 100 valence electrons. The van der Waals surface area contributed by atoms with Gasteiger partial charge in [-0.15, -0.1) is 0 Å². The van der Waals surface area contributed by atoms with Crippen LogP contribution in [-0.4, -0.2) is 16.2 Å². The van der Waals surface area contributed by atoms with Crippen molar-refractivity contribution in [1.82, 2.24) is 9.97 Å². The first-order valence-corrected chi connectivity index (χ1v) is 7.08. The van der Waals surface area contributed by atoms with Crippen LogP contribution in [0.15, 0.2) is 52.2 Å². The fourth-order valence-corrected chi connectivity index (χ4v) is 2.38. The molecule has 20 heavy (non-hydrogen) atoms. The van der Waals surface area contributed by atoms with Crippen molar-refractivity contribution in [3.63, 3.8) is 0 Å². The summed E-state index contributed by atoms with van der Waals surface area (Å²) >= 11 is 9.27. The second-order valence-corrected chi connectivity index (χ2v) is 5.45. The van der Waals surface area contributed by atoms with Crippen molar-refractivity contribution in [2.24, 2.45) is 5.10 Å². The number of aromatic amines is 1. The van der Waals surface area contributed by atoms with Gasteiger partial charge in [0, 0.05) is 27.1 Å². The maximum atomic E-state index is 5.81. The van der Waals surface area contributed by atoms with Crippen molar-refractivity contribution in [3.8, 4) is 0 Å². The number of hydrazone groups is 1. The van der Waals surface area contributed by atoms with Crippen molar-refractivity contribution in [1.29, 1.82) is 0 Å². The van der Waals surface area contributed by atoms with Gasteiger partial charge in [0.25, 0.3) is 0 Å². The molecule has 0 amide bonds. The third-order valence-electron chi connectivity index (χ3n) is 2.77. The normalized spacial score (nSPS) is 11.3. The monoisotopic (exact) mass is 348 g/mol. The molecule has 2 N–H and O–H groups in total. The summed E-state index contributed by atoms with van der Waals surface area (Å²) in [5.74, 6) is 0.606. The number of rotatable bonds is 3. The van der Waals surface area contributed by atoms with E-state index in [4.69, 9.17) is 11.6 Å². The van der Waals surface area contributed by atoms with E-state index in [1.165, 1.54) is 0 Å². The first kappa shape index (κ1) is 13.1. The van der Waals surface area contributed by atoms with Gasteiger partial charge in [0.2, 0.25) is 0 Å². The molecule has 0 radical (unpaired) electrons. The van der Waals surface area contributed by atoms with Crippen LogP contribution in [0.2, 0.25) is 5.15 Å². The Morgan fingerprint density at radius 1 is 1.30 bits per heavy atom. The van der Waals surface area contributed by atoms with Crippen molar-refractivity contribution >= 4 is 50.5 Å². The number of fused-ring (bicyclic) bond motifs is 1. The Hall–Kier alpha value is -1.85. The highest BCUT2D eigenvalue weighted by Gasteiger charge is 2.01. The highest BCUT2D eigenvalue weighted by atomic mass is 79.9.